The molecule has 0 saturated heterocycles. The SMILES string of the molecule is CN(C)C(=O)CN=C(NCCc1cccs1)NC1CCCCC1. The van der Waals surface area contributed by atoms with E-state index < -0.39 is 0 Å². The van der Waals surface area contributed by atoms with Crippen LogP contribution in [-0.2, 0) is 11.2 Å². The molecule has 1 fully saturated rings. The lowest BCUT2D eigenvalue weighted by molar-refractivity contribution is -0.127. The number of guanidine groups is 1. The molecule has 1 amide bonds. The summed E-state index contributed by atoms with van der Waals surface area (Å²) in [6, 6.07) is 4.70. The monoisotopic (exact) mass is 336 g/mol. The molecule has 1 aliphatic rings. The first-order chi connectivity index (χ1) is 11.1. The number of thiophene rings is 1. The van der Waals surface area contributed by atoms with Crippen LogP contribution < -0.4 is 10.6 Å². The molecule has 0 bridgehead atoms. The smallest absolute Gasteiger partial charge is 0.243 e. The van der Waals surface area contributed by atoms with Gasteiger partial charge in [-0.1, -0.05) is 25.3 Å². The molecule has 2 N–H and O–H groups in total. The van der Waals surface area contributed by atoms with Gasteiger partial charge >= 0.3 is 0 Å². The van der Waals surface area contributed by atoms with Gasteiger partial charge in [0.25, 0.3) is 0 Å². The van der Waals surface area contributed by atoms with Gasteiger partial charge < -0.3 is 15.5 Å². The van der Waals surface area contributed by atoms with Crippen LogP contribution in [0.25, 0.3) is 0 Å². The van der Waals surface area contributed by atoms with Gasteiger partial charge in [-0.25, -0.2) is 4.99 Å². The first-order valence-corrected chi connectivity index (χ1v) is 9.30. The van der Waals surface area contributed by atoms with E-state index in [-0.39, 0.29) is 12.5 Å². The largest absolute Gasteiger partial charge is 0.356 e. The lowest BCUT2D eigenvalue weighted by Crippen LogP contribution is -2.45. The summed E-state index contributed by atoms with van der Waals surface area (Å²) in [5, 5.41) is 8.97. The molecule has 1 aliphatic carbocycles. The Morgan fingerprint density at radius 3 is 2.78 bits per heavy atom. The first kappa shape index (κ1) is 17.8. The Hall–Kier alpha value is -1.56. The number of nitrogens with one attached hydrogen (secondary N) is 2. The minimum atomic E-state index is 0.0213. The minimum absolute atomic E-state index is 0.0213. The number of hydrogen-bond donors (Lipinski definition) is 2. The number of carbonyl (C=O) groups excluding carboxylic acids is 1. The van der Waals surface area contributed by atoms with Crippen LogP contribution in [-0.4, -0.2) is 50.0 Å². The fourth-order valence-corrected chi connectivity index (χ4v) is 3.35. The normalized spacial score (nSPS) is 16.2. The summed E-state index contributed by atoms with van der Waals surface area (Å²) in [6.07, 6.45) is 7.23. The van der Waals surface area contributed by atoms with E-state index in [0.717, 1.165) is 18.9 Å². The third-order valence-electron chi connectivity index (χ3n) is 4.06. The number of likely N-dealkylation sites (N-methyl/N-ethyl adjacent to an activating group) is 1. The average Bonchev–Trinajstić information content (AvgIpc) is 3.06. The van der Waals surface area contributed by atoms with Gasteiger partial charge in [-0.2, -0.15) is 0 Å². The van der Waals surface area contributed by atoms with Gasteiger partial charge in [0, 0.05) is 31.6 Å². The summed E-state index contributed by atoms with van der Waals surface area (Å²) in [6.45, 7) is 1.02. The standard InChI is InChI=1S/C17H28N4OS/c1-21(2)16(22)13-19-17(20-14-7-4-3-5-8-14)18-11-10-15-9-6-12-23-15/h6,9,12,14H,3-5,7-8,10-11,13H2,1-2H3,(H2,18,19,20). The molecule has 0 aromatic carbocycles. The van der Waals surface area contributed by atoms with Crippen LogP contribution in [0.15, 0.2) is 22.5 Å². The fourth-order valence-electron chi connectivity index (χ4n) is 2.64. The molecule has 0 radical (unpaired) electrons. The lowest BCUT2D eigenvalue weighted by Gasteiger charge is -2.25. The Balaban J connectivity index is 1.86. The summed E-state index contributed by atoms with van der Waals surface area (Å²) in [7, 11) is 3.52. The number of carbonyl (C=O) groups is 1. The van der Waals surface area contributed by atoms with E-state index in [1.807, 2.05) is 0 Å². The van der Waals surface area contributed by atoms with Crippen molar-refractivity contribution in [2.24, 2.45) is 4.99 Å². The zero-order valence-electron chi connectivity index (χ0n) is 14.2. The topological polar surface area (TPSA) is 56.7 Å². The van der Waals surface area contributed by atoms with E-state index >= 15 is 0 Å². The maximum Gasteiger partial charge on any atom is 0.243 e. The Bertz CT molecular complexity index is 493. The summed E-state index contributed by atoms with van der Waals surface area (Å²) < 4.78 is 0. The quantitative estimate of drug-likeness (QED) is 0.619. The van der Waals surface area contributed by atoms with Crippen molar-refractivity contribution in [2.75, 3.05) is 27.2 Å². The third kappa shape index (κ3) is 6.60. The van der Waals surface area contributed by atoms with E-state index in [1.54, 1.807) is 30.3 Å². The van der Waals surface area contributed by atoms with Crippen LogP contribution >= 0.6 is 11.3 Å². The van der Waals surface area contributed by atoms with Crippen LogP contribution in [0.4, 0.5) is 0 Å². The van der Waals surface area contributed by atoms with Gasteiger partial charge in [-0.15, -0.1) is 11.3 Å². The maximum absolute atomic E-state index is 11.8. The van der Waals surface area contributed by atoms with Crippen molar-refractivity contribution in [3.8, 4) is 0 Å². The second-order valence-electron chi connectivity index (χ2n) is 6.19. The summed E-state index contributed by atoms with van der Waals surface area (Å²) in [5.41, 5.74) is 0. The molecule has 1 saturated carbocycles. The Morgan fingerprint density at radius 1 is 1.35 bits per heavy atom. The van der Waals surface area contributed by atoms with Gasteiger partial charge in [0.15, 0.2) is 5.96 Å². The van der Waals surface area contributed by atoms with Crippen molar-refractivity contribution in [3.63, 3.8) is 0 Å². The molecule has 1 aromatic heterocycles. The van der Waals surface area contributed by atoms with E-state index in [1.165, 1.54) is 37.0 Å². The molecule has 0 atom stereocenters. The number of nitrogens with zero attached hydrogens (tertiary/aromatic N) is 2. The highest BCUT2D eigenvalue weighted by Crippen LogP contribution is 2.17. The zero-order chi connectivity index (χ0) is 16.5. The molecule has 23 heavy (non-hydrogen) atoms. The predicted molar refractivity (Wildman–Crippen MR) is 97.0 cm³/mol. The van der Waals surface area contributed by atoms with Crippen molar-refractivity contribution in [3.05, 3.63) is 22.4 Å². The summed E-state index contributed by atoms with van der Waals surface area (Å²) >= 11 is 1.77. The van der Waals surface area contributed by atoms with Crippen LogP contribution in [0.1, 0.15) is 37.0 Å². The molecule has 0 unspecified atom stereocenters. The van der Waals surface area contributed by atoms with Gasteiger partial charge in [0.2, 0.25) is 5.91 Å². The molecule has 1 aromatic rings. The number of amides is 1. The van der Waals surface area contributed by atoms with E-state index in [4.69, 9.17) is 0 Å². The van der Waals surface area contributed by atoms with Crippen LogP contribution in [0, 0.1) is 0 Å². The van der Waals surface area contributed by atoms with Gasteiger partial charge in [0.1, 0.15) is 6.54 Å². The summed E-state index contributed by atoms with van der Waals surface area (Å²) in [5.74, 6) is 0.789. The molecule has 2 rings (SSSR count). The van der Waals surface area contributed by atoms with E-state index in [0.29, 0.717) is 6.04 Å². The van der Waals surface area contributed by atoms with Crippen molar-refractivity contribution in [1.82, 2.24) is 15.5 Å². The minimum Gasteiger partial charge on any atom is -0.356 e. The van der Waals surface area contributed by atoms with Gasteiger partial charge in [0.05, 0.1) is 0 Å². The molecular formula is C17H28N4OS. The molecule has 5 nitrogen and oxygen atoms in total. The Labute approximate surface area is 143 Å². The lowest BCUT2D eigenvalue weighted by atomic mass is 9.96. The second-order valence-corrected chi connectivity index (χ2v) is 7.22. The van der Waals surface area contributed by atoms with Crippen molar-refractivity contribution < 1.29 is 4.79 Å². The zero-order valence-corrected chi connectivity index (χ0v) is 15.0. The molecule has 0 aliphatic heterocycles. The maximum atomic E-state index is 11.8. The second kappa shape index (κ2) is 9.55. The predicted octanol–water partition coefficient (Wildman–Crippen LogP) is 2.25. The van der Waals surface area contributed by atoms with Crippen molar-refractivity contribution in [2.45, 2.75) is 44.6 Å². The third-order valence-corrected chi connectivity index (χ3v) is 5.00. The molecular weight excluding hydrogens is 308 g/mol. The Kier molecular flexibility index (Phi) is 7.39. The van der Waals surface area contributed by atoms with Crippen molar-refractivity contribution in [1.29, 1.82) is 0 Å². The summed E-state index contributed by atoms with van der Waals surface area (Å²) in [4.78, 5) is 19.2. The molecule has 0 spiro atoms. The average molecular weight is 337 g/mol. The van der Waals surface area contributed by atoms with Crippen LogP contribution in [0.2, 0.25) is 0 Å². The molecule has 1 heterocycles. The highest BCUT2D eigenvalue weighted by atomic mass is 32.1. The van der Waals surface area contributed by atoms with Crippen LogP contribution in [0.5, 0.6) is 0 Å². The fraction of sp³-hybridized carbons (Fsp3) is 0.647. The highest BCUT2D eigenvalue weighted by molar-refractivity contribution is 7.09. The van der Waals surface area contributed by atoms with Crippen LogP contribution in [0.3, 0.4) is 0 Å². The van der Waals surface area contributed by atoms with E-state index in [9.17, 15) is 4.79 Å². The molecule has 6 heteroatoms. The van der Waals surface area contributed by atoms with Crippen molar-refractivity contribution >= 4 is 23.2 Å². The number of rotatable bonds is 6. The highest BCUT2D eigenvalue weighted by Gasteiger charge is 2.15. The first-order valence-electron chi connectivity index (χ1n) is 8.42. The van der Waals surface area contributed by atoms with E-state index in [2.05, 4.69) is 33.1 Å². The number of hydrogen-bond acceptors (Lipinski definition) is 3. The van der Waals surface area contributed by atoms with Gasteiger partial charge in [-0.3, -0.25) is 4.79 Å². The number of aliphatic imine (C=N–C) groups is 1. The molecule has 128 valence electrons. The van der Waals surface area contributed by atoms with Gasteiger partial charge in [-0.05, 0) is 30.7 Å². The Morgan fingerprint density at radius 2 is 2.13 bits per heavy atom.